The summed E-state index contributed by atoms with van der Waals surface area (Å²) in [5, 5.41) is 0.882. The molecule has 0 N–H and O–H groups in total. The highest BCUT2D eigenvalue weighted by atomic mass is 32.2. The SMILES string of the molecule is CSc1nc2ccccc2n1CC(=O)N1CCOCC1. The number of amides is 1. The third-order valence-corrected chi connectivity index (χ3v) is 4.14. The van der Waals surface area contributed by atoms with E-state index in [0.29, 0.717) is 32.8 Å². The molecule has 20 heavy (non-hydrogen) atoms. The van der Waals surface area contributed by atoms with Gasteiger partial charge in [-0.3, -0.25) is 4.79 Å². The van der Waals surface area contributed by atoms with Crippen LogP contribution in [0, 0.1) is 0 Å². The van der Waals surface area contributed by atoms with E-state index in [2.05, 4.69) is 4.98 Å². The number of carbonyl (C=O) groups excluding carboxylic acids is 1. The zero-order valence-corrected chi connectivity index (χ0v) is 12.2. The Morgan fingerprint density at radius 2 is 2.10 bits per heavy atom. The van der Waals surface area contributed by atoms with E-state index in [1.54, 1.807) is 11.8 Å². The number of imidazole rings is 1. The van der Waals surface area contributed by atoms with E-state index in [4.69, 9.17) is 4.74 Å². The average Bonchev–Trinajstić information content (AvgIpc) is 2.86. The van der Waals surface area contributed by atoms with Crippen molar-refractivity contribution in [2.75, 3.05) is 32.6 Å². The Balaban J connectivity index is 1.87. The first-order valence-electron chi connectivity index (χ1n) is 6.64. The zero-order valence-electron chi connectivity index (χ0n) is 11.4. The molecule has 1 amide bonds. The van der Waals surface area contributed by atoms with Gasteiger partial charge in [0, 0.05) is 13.1 Å². The molecule has 0 radical (unpaired) electrons. The van der Waals surface area contributed by atoms with Crippen LogP contribution in [0.1, 0.15) is 0 Å². The van der Waals surface area contributed by atoms with Gasteiger partial charge in [0.2, 0.25) is 5.91 Å². The number of benzene rings is 1. The number of hydrogen-bond donors (Lipinski definition) is 0. The second kappa shape index (κ2) is 5.85. The quantitative estimate of drug-likeness (QED) is 0.806. The lowest BCUT2D eigenvalue weighted by molar-refractivity contribution is -0.135. The number of hydrogen-bond acceptors (Lipinski definition) is 4. The van der Waals surface area contributed by atoms with Crippen molar-refractivity contribution in [2.24, 2.45) is 0 Å². The van der Waals surface area contributed by atoms with Crippen molar-refractivity contribution in [3.8, 4) is 0 Å². The van der Waals surface area contributed by atoms with E-state index in [0.717, 1.165) is 16.2 Å². The fraction of sp³-hybridized carbons (Fsp3) is 0.429. The molecule has 1 fully saturated rings. The zero-order chi connectivity index (χ0) is 13.9. The number of rotatable bonds is 3. The Hall–Kier alpha value is -1.53. The number of ether oxygens (including phenoxy) is 1. The Labute approximate surface area is 121 Å². The van der Waals surface area contributed by atoms with Crippen molar-refractivity contribution in [3.63, 3.8) is 0 Å². The van der Waals surface area contributed by atoms with Crippen molar-refractivity contribution in [2.45, 2.75) is 11.7 Å². The molecule has 5 nitrogen and oxygen atoms in total. The number of fused-ring (bicyclic) bond motifs is 1. The molecule has 6 heteroatoms. The molecule has 3 rings (SSSR count). The predicted molar refractivity (Wildman–Crippen MR) is 78.9 cm³/mol. The number of morpholine rings is 1. The molecule has 2 aromatic rings. The van der Waals surface area contributed by atoms with Crippen molar-refractivity contribution in [1.29, 1.82) is 0 Å². The van der Waals surface area contributed by atoms with E-state index in [1.807, 2.05) is 40.0 Å². The Morgan fingerprint density at radius 1 is 1.35 bits per heavy atom. The average molecular weight is 291 g/mol. The van der Waals surface area contributed by atoms with Crippen LogP contribution in [0.2, 0.25) is 0 Å². The lowest BCUT2D eigenvalue weighted by Gasteiger charge is -2.27. The summed E-state index contributed by atoms with van der Waals surface area (Å²) in [6.07, 6.45) is 1.98. The number of carbonyl (C=O) groups is 1. The molecule has 1 aromatic heterocycles. The maximum absolute atomic E-state index is 12.4. The standard InChI is InChI=1S/C14H17N3O2S/c1-20-14-15-11-4-2-3-5-12(11)17(14)10-13(18)16-6-8-19-9-7-16/h2-5H,6-10H2,1H3. The van der Waals surface area contributed by atoms with Crippen molar-refractivity contribution < 1.29 is 9.53 Å². The minimum Gasteiger partial charge on any atom is -0.378 e. The Morgan fingerprint density at radius 3 is 2.85 bits per heavy atom. The molecular weight excluding hydrogens is 274 g/mol. The van der Waals surface area contributed by atoms with E-state index < -0.39 is 0 Å². The number of thioether (sulfide) groups is 1. The van der Waals surface area contributed by atoms with Gasteiger partial charge in [-0.15, -0.1) is 0 Å². The molecular formula is C14H17N3O2S. The molecule has 1 aliphatic heterocycles. The second-order valence-corrected chi connectivity index (χ2v) is 5.44. The van der Waals surface area contributed by atoms with Gasteiger partial charge >= 0.3 is 0 Å². The summed E-state index contributed by atoms with van der Waals surface area (Å²) >= 11 is 1.57. The summed E-state index contributed by atoms with van der Waals surface area (Å²) in [5.74, 6) is 0.131. The summed E-state index contributed by atoms with van der Waals surface area (Å²) in [5.41, 5.74) is 1.95. The van der Waals surface area contributed by atoms with Crippen LogP contribution in [0.15, 0.2) is 29.4 Å². The van der Waals surface area contributed by atoms with Gasteiger partial charge in [0.1, 0.15) is 6.54 Å². The molecule has 2 heterocycles. The van der Waals surface area contributed by atoms with Crippen molar-refractivity contribution in [1.82, 2.24) is 14.5 Å². The van der Waals surface area contributed by atoms with E-state index >= 15 is 0 Å². The fourth-order valence-electron chi connectivity index (χ4n) is 2.41. The minimum atomic E-state index is 0.131. The maximum atomic E-state index is 12.4. The van der Waals surface area contributed by atoms with Gasteiger partial charge in [0.25, 0.3) is 0 Å². The first-order valence-corrected chi connectivity index (χ1v) is 7.87. The van der Waals surface area contributed by atoms with E-state index in [-0.39, 0.29) is 5.91 Å². The third-order valence-electron chi connectivity index (χ3n) is 3.46. The molecule has 0 spiro atoms. The van der Waals surface area contributed by atoms with Crippen LogP contribution < -0.4 is 0 Å². The maximum Gasteiger partial charge on any atom is 0.242 e. The van der Waals surface area contributed by atoms with Crippen LogP contribution in [0.4, 0.5) is 0 Å². The highest BCUT2D eigenvalue weighted by molar-refractivity contribution is 7.98. The minimum absolute atomic E-state index is 0.131. The molecule has 0 aliphatic carbocycles. The van der Waals surface area contributed by atoms with Crippen LogP contribution in [0.3, 0.4) is 0 Å². The highest BCUT2D eigenvalue weighted by Gasteiger charge is 2.19. The third kappa shape index (κ3) is 2.53. The molecule has 1 aliphatic rings. The molecule has 0 bridgehead atoms. The van der Waals surface area contributed by atoms with Gasteiger partial charge in [-0.05, 0) is 18.4 Å². The number of aromatic nitrogens is 2. The highest BCUT2D eigenvalue weighted by Crippen LogP contribution is 2.22. The normalized spacial score (nSPS) is 15.8. The molecule has 0 saturated carbocycles. The number of para-hydroxylation sites is 2. The van der Waals surface area contributed by atoms with Crippen LogP contribution in [0.25, 0.3) is 11.0 Å². The Bertz CT molecular complexity index is 620. The molecule has 0 atom stereocenters. The molecule has 0 unspecified atom stereocenters. The number of nitrogens with zero attached hydrogens (tertiary/aromatic N) is 3. The molecule has 106 valence electrons. The first-order chi connectivity index (χ1) is 9.79. The largest absolute Gasteiger partial charge is 0.378 e. The monoisotopic (exact) mass is 291 g/mol. The summed E-state index contributed by atoms with van der Waals surface area (Å²) < 4.78 is 7.28. The predicted octanol–water partition coefficient (Wildman–Crippen LogP) is 1.62. The summed E-state index contributed by atoms with van der Waals surface area (Å²) in [6.45, 7) is 2.97. The second-order valence-electron chi connectivity index (χ2n) is 4.67. The van der Waals surface area contributed by atoms with E-state index in [1.165, 1.54) is 0 Å². The van der Waals surface area contributed by atoms with Gasteiger partial charge in [-0.25, -0.2) is 4.98 Å². The lowest BCUT2D eigenvalue weighted by atomic mass is 10.3. The lowest BCUT2D eigenvalue weighted by Crippen LogP contribution is -2.42. The van der Waals surface area contributed by atoms with Gasteiger partial charge in [-0.1, -0.05) is 23.9 Å². The fourth-order valence-corrected chi connectivity index (χ4v) is 2.98. The van der Waals surface area contributed by atoms with E-state index in [9.17, 15) is 4.79 Å². The summed E-state index contributed by atoms with van der Waals surface area (Å²) in [4.78, 5) is 18.8. The summed E-state index contributed by atoms with van der Waals surface area (Å²) in [7, 11) is 0. The van der Waals surface area contributed by atoms with Crippen LogP contribution >= 0.6 is 11.8 Å². The van der Waals surface area contributed by atoms with Crippen molar-refractivity contribution in [3.05, 3.63) is 24.3 Å². The Kier molecular flexibility index (Phi) is 3.93. The molecule has 1 saturated heterocycles. The van der Waals surface area contributed by atoms with Crippen molar-refractivity contribution >= 4 is 28.7 Å². The van der Waals surface area contributed by atoms with Crippen LogP contribution in [-0.4, -0.2) is 52.9 Å². The van der Waals surface area contributed by atoms with Gasteiger partial charge in [0.05, 0.1) is 24.2 Å². The van der Waals surface area contributed by atoms with Gasteiger partial charge in [-0.2, -0.15) is 0 Å². The van der Waals surface area contributed by atoms with Crippen LogP contribution in [0.5, 0.6) is 0 Å². The van der Waals surface area contributed by atoms with Crippen LogP contribution in [-0.2, 0) is 16.1 Å². The molecule has 1 aromatic carbocycles. The first kappa shape index (κ1) is 13.5. The van der Waals surface area contributed by atoms with Gasteiger partial charge < -0.3 is 14.2 Å². The smallest absolute Gasteiger partial charge is 0.242 e. The summed E-state index contributed by atoms with van der Waals surface area (Å²) in [6, 6.07) is 7.93. The van der Waals surface area contributed by atoms with Gasteiger partial charge in [0.15, 0.2) is 5.16 Å². The topological polar surface area (TPSA) is 47.4 Å².